The van der Waals surface area contributed by atoms with Crippen molar-refractivity contribution in [2.24, 2.45) is 5.92 Å². The third kappa shape index (κ3) is 3.96. The van der Waals surface area contributed by atoms with E-state index in [0.29, 0.717) is 31.9 Å². The first-order valence-corrected chi connectivity index (χ1v) is 6.40. The molecule has 0 saturated carbocycles. The van der Waals surface area contributed by atoms with Crippen LogP contribution in [0.4, 0.5) is 13.2 Å². The van der Waals surface area contributed by atoms with Gasteiger partial charge in [0.2, 0.25) is 5.91 Å². The third-order valence-corrected chi connectivity index (χ3v) is 3.36. The first kappa shape index (κ1) is 17.0. The monoisotopic (exact) mass is 295 g/mol. The van der Waals surface area contributed by atoms with Crippen LogP contribution in [0.2, 0.25) is 0 Å². The highest BCUT2D eigenvalue weighted by Gasteiger charge is 2.50. The van der Waals surface area contributed by atoms with Crippen LogP contribution in [0.5, 0.6) is 0 Å². The van der Waals surface area contributed by atoms with Gasteiger partial charge in [-0.2, -0.15) is 13.2 Å². The maximum absolute atomic E-state index is 12.5. The van der Waals surface area contributed by atoms with Gasteiger partial charge in [-0.05, 0) is 26.7 Å². The van der Waals surface area contributed by atoms with Gasteiger partial charge in [-0.25, -0.2) is 0 Å². The third-order valence-electron chi connectivity index (χ3n) is 3.36. The number of rotatable bonds is 4. The first-order chi connectivity index (χ1) is 9.06. The number of amides is 1. The van der Waals surface area contributed by atoms with Crippen LogP contribution in [0.3, 0.4) is 0 Å². The van der Waals surface area contributed by atoms with E-state index in [1.54, 1.807) is 6.92 Å². The molecule has 1 aliphatic heterocycles. The summed E-state index contributed by atoms with van der Waals surface area (Å²) in [7, 11) is 0. The molecule has 4 nitrogen and oxygen atoms in total. The Morgan fingerprint density at radius 1 is 1.50 bits per heavy atom. The Hall–Kier alpha value is -1.08. The van der Waals surface area contributed by atoms with Crippen molar-refractivity contribution in [2.75, 3.05) is 13.2 Å². The van der Waals surface area contributed by atoms with Crippen molar-refractivity contribution in [3.05, 3.63) is 12.2 Å². The van der Waals surface area contributed by atoms with Gasteiger partial charge in [0.15, 0.2) is 5.60 Å². The molecule has 0 aromatic carbocycles. The molecule has 116 valence electrons. The Morgan fingerprint density at radius 3 is 2.60 bits per heavy atom. The van der Waals surface area contributed by atoms with Crippen molar-refractivity contribution in [1.29, 1.82) is 0 Å². The van der Waals surface area contributed by atoms with Gasteiger partial charge in [0.1, 0.15) is 0 Å². The Morgan fingerprint density at radius 2 is 2.10 bits per heavy atom. The normalized spacial score (nSPS) is 26.7. The summed E-state index contributed by atoms with van der Waals surface area (Å²) in [4.78, 5) is 12.0. The van der Waals surface area contributed by atoms with E-state index >= 15 is 0 Å². The molecule has 0 aromatic rings. The fourth-order valence-electron chi connectivity index (χ4n) is 2.03. The Balaban J connectivity index is 2.64. The predicted octanol–water partition coefficient (Wildman–Crippen LogP) is 1.79. The molecule has 0 bridgehead atoms. The summed E-state index contributed by atoms with van der Waals surface area (Å²) < 4.78 is 42.9. The zero-order valence-electron chi connectivity index (χ0n) is 11.6. The van der Waals surface area contributed by atoms with Gasteiger partial charge in [-0.3, -0.25) is 4.79 Å². The number of hydrogen-bond acceptors (Lipinski definition) is 3. The second-order valence-electron chi connectivity index (χ2n) is 5.38. The molecule has 1 saturated heterocycles. The molecular weight excluding hydrogens is 275 g/mol. The van der Waals surface area contributed by atoms with E-state index in [0.717, 1.165) is 0 Å². The summed E-state index contributed by atoms with van der Waals surface area (Å²) in [6.45, 7) is 5.68. The first-order valence-electron chi connectivity index (χ1n) is 6.40. The van der Waals surface area contributed by atoms with Gasteiger partial charge in [0, 0.05) is 6.61 Å². The molecule has 1 aliphatic rings. The summed E-state index contributed by atoms with van der Waals surface area (Å²) in [6, 6.07) is 0. The average Bonchev–Trinajstić information content (AvgIpc) is 2.34. The second kappa shape index (κ2) is 6.13. The zero-order valence-corrected chi connectivity index (χ0v) is 11.6. The molecule has 0 aliphatic carbocycles. The van der Waals surface area contributed by atoms with Crippen molar-refractivity contribution < 1.29 is 27.8 Å². The standard InChI is InChI=1S/C13H20F3NO3/c1-8(2)10-9(5-4-6-20-10)11(18)17-7-12(3,19)13(14,15)16/h9-10,19H,1,4-7H2,2-3H3,(H,17,18)/t9-,10-,12?/m0/s1. The topological polar surface area (TPSA) is 58.6 Å². The molecule has 0 spiro atoms. The maximum atomic E-state index is 12.5. The van der Waals surface area contributed by atoms with Gasteiger partial charge in [0.25, 0.3) is 0 Å². The van der Waals surface area contributed by atoms with E-state index in [-0.39, 0.29) is 0 Å². The van der Waals surface area contributed by atoms with E-state index in [2.05, 4.69) is 11.9 Å². The molecular formula is C13H20F3NO3. The SMILES string of the molecule is C=C(C)[C@@H]1OCCC[C@@H]1C(=O)NCC(C)(O)C(F)(F)F. The lowest BCUT2D eigenvalue weighted by Crippen LogP contribution is -2.53. The number of alkyl halides is 3. The van der Waals surface area contributed by atoms with Crippen molar-refractivity contribution >= 4 is 5.91 Å². The minimum Gasteiger partial charge on any atom is -0.379 e. The number of hydrogen-bond donors (Lipinski definition) is 2. The zero-order chi connectivity index (χ0) is 15.6. The summed E-state index contributed by atoms with van der Waals surface area (Å²) in [5, 5.41) is 11.4. The summed E-state index contributed by atoms with van der Waals surface area (Å²) in [5.74, 6) is -1.12. The number of carbonyl (C=O) groups excluding carboxylic acids is 1. The van der Waals surface area contributed by atoms with E-state index in [9.17, 15) is 23.1 Å². The molecule has 0 aromatic heterocycles. The largest absolute Gasteiger partial charge is 0.418 e. The molecule has 20 heavy (non-hydrogen) atoms. The van der Waals surface area contributed by atoms with Crippen LogP contribution in [0.15, 0.2) is 12.2 Å². The minimum absolute atomic E-state index is 0.486. The highest BCUT2D eigenvalue weighted by molar-refractivity contribution is 5.79. The minimum atomic E-state index is -4.79. The molecule has 3 atom stereocenters. The Kier molecular flexibility index (Phi) is 5.21. The van der Waals surface area contributed by atoms with Crippen LogP contribution in [0.1, 0.15) is 26.7 Å². The number of aliphatic hydroxyl groups is 1. The van der Waals surface area contributed by atoms with Crippen molar-refractivity contribution in [2.45, 2.75) is 44.6 Å². The number of nitrogens with one attached hydrogen (secondary N) is 1. The van der Waals surface area contributed by atoms with Crippen LogP contribution >= 0.6 is 0 Å². The maximum Gasteiger partial charge on any atom is 0.418 e. The van der Waals surface area contributed by atoms with Crippen LogP contribution in [0, 0.1) is 5.92 Å². The van der Waals surface area contributed by atoms with E-state index in [4.69, 9.17) is 4.74 Å². The number of halogens is 3. The van der Waals surface area contributed by atoms with Gasteiger partial charge >= 0.3 is 6.18 Å². The van der Waals surface area contributed by atoms with Crippen LogP contribution < -0.4 is 5.32 Å². The van der Waals surface area contributed by atoms with Gasteiger partial charge in [-0.1, -0.05) is 12.2 Å². The lowest BCUT2D eigenvalue weighted by atomic mass is 9.89. The molecule has 1 fully saturated rings. The Labute approximate surface area is 116 Å². The van der Waals surface area contributed by atoms with E-state index in [1.807, 2.05) is 0 Å². The lowest BCUT2D eigenvalue weighted by molar-refractivity contribution is -0.250. The Bertz CT molecular complexity index is 380. The number of carbonyl (C=O) groups is 1. The van der Waals surface area contributed by atoms with E-state index < -0.39 is 36.3 Å². The highest BCUT2D eigenvalue weighted by atomic mass is 19.4. The lowest BCUT2D eigenvalue weighted by Gasteiger charge is -2.32. The van der Waals surface area contributed by atoms with Gasteiger partial charge < -0.3 is 15.2 Å². The van der Waals surface area contributed by atoms with Gasteiger partial charge in [-0.15, -0.1) is 0 Å². The second-order valence-corrected chi connectivity index (χ2v) is 5.38. The molecule has 0 radical (unpaired) electrons. The number of ether oxygens (including phenoxy) is 1. The summed E-state index contributed by atoms with van der Waals surface area (Å²) in [6.07, 6.45) is -4.09. The van der Waals surface area contributed by atoms with Crippen molar-refractivity contribution in [1.82, 2.24) is 5.32 Å². The molecule has 1 rings (SSSR count). The fraction of sp³-hybridized carbons (Fsp3) is 0.769. The molecule has 1 amide bonds. The molecule has 7 heteroatoms. The van der Waals surface area contributed by atoms with Crippen LogP contribution in [-0.4, -0.2) is 42.0 Å². The van der Waals surface area contributed by atoms with Crippen molar-refractivity contribution in [3.63, 3.8) is 0 Å². The van der Waals surface area contributed by atoms with Crippen LogP contribution in [0.25, 0.3) is 0 Å². The average molecular weight is 295 g/mol. The highest BCUT2D eigenvalue weighted by Crippen LogP contribution is 2.30. The molecule has 1 heterocycles. The molecule has 1 unspecified atom stereocenters. The van der Waals surface area contributed by atoms with Crippen molar-refractivity contribution in [3.8, 4) is 0 Å². The fourth-order valence-corrected chi connectivity index (χ4v) is 2.03. The summed E-state index contributed by atoms with van der Waals surface area (Å²) in [5.41, 5.74) is -2.29. The van der Waals surface area contributed by atoms with Gasteiger partial charge in [0.05, 0.1) is 18.6 Å². The quantitative estimate of drug-likeness (QED) is 0.777. The molecule has 2 N–H and O–H groups in total. The van der Waals surface area contributed by atoms with Crippen LogP contribution in [-0.2, 0) is 9.53 Å². The predicted molar refractivity (Wildman–Crippen MR) is 67.0 cm³/mol. The van der Waals surface area contributed by atoms with E-state index in [1.165, 1.54) is 0 Å². The smallest absolute Gasteiger partial charge is 0.379 e. The summed E-state index contributed by atoms with van der Waals surface area (Å²) >= 11 is 0.